The quantitative estimate of drug-likeness (QED) is 0.286. The Hall–Kier alpha value is -4.32. The summed E-state index contributed by atoms with van der Waals surface area (Å²) < 4.78 is 2.18. The van der Waals surface area contributed by atoms with Crippen LogP contribution in [0.2, 0.25) is 0 Å². The van der Waals surface area contributed by atoms with Gasteiger partial charge in [0.1, 0.15) is 11.3 Å². The molecule has 0 unspecified atom stereocenters. The van der Waals surface area contributed by atoms with Gasteiger partial charge in [0, 0.05) is 23.4 Å². The molecule has 0 saturated heterocycles. The van der Waals surface area contributed by atoms with Gasteiger partial charge in [-0.15, -0.1) is 0 Å². The molecule has 5 rings (SSSR count). The van der Waals surface area contributed by atoms with Crippen LogP contribution in [0, 0.1) is 27.7 Å². The van der Waals surface area contributed by atoms with E-state index >= 15 is 0 Å². The Morgan fingerprint density at radius 2 is 1.54 bits per heavy atom. The monoisotopic (exact) mass is 490 g/mol. The van der Waals surface area contributed by atoms with Crippen molar-refractivity contribution >= 4 is 17.1 Å². The number of aryl methyl sites for hydroxylation is 5. The third-order valence-electron chi connectivity index (χ3n) is 6.67. The van der Waals surface area contributed by atoms with E-state index in [1.165, 1.54) is 0 Å². The molecule has 0 amide bonds. The molecule has 37 heavy (non-hydrogen) atoms. The number of hydrogen-bond donors (Lipinski definition) is 1. The average Bonchev–Trinajstić information content (AvgIpc) is 3.21. The number of aromatic carboxylic acids is 1. The number of nitrogens with zero attached hydrogens (tertiary/aromatic N) is 4. The van der Waals surface area contributed by atoms with E-state index in [9.17, 15) is 9.90 Å². The normalized spacial score (nSPS) is 11.3. The van der Waals surface area contributed by atoms with E-state index in [-0.39, 0.29) is 5.56 Å². The van der Waals surface area contributed by atoms with Crippen molar-refractivity contribution in [1.29, 1.82) is 0 Å². The van der Waals surface area contributed by atoms with Crippen LogP contribution >= 0.6 is 0 Å². The van der Waals surface area contributed by atoms with Crippen molar-refractivity contribution in [3.63, 3.8) is 0 Å². The summed E-state index contributed by atoms with van der Waals surface area (Å²) in [5.41, 5.74) is 10.6. The minimum absolute atomic E-state index is 0.268. The standard InChI is InChI=1S/C31H30N4O2/c1-6-28-34-29-19(3)15-21(5)33-30(29)35(28)17-22-7-9-23(10-8-22)26-16-24(11-12-25(26)31(36)37)27-14-18(2)13-20(4)32-27/h7-16H,6,17H2,1-5H3,(H,36,37). The smallest absolute Gasteiger partial charge is 0.336 e. The number of imidazole rings is 1. The SMILES string of the molecule is CCc1nc2c(C)cc(C)nc2n1Cc1ccc(-c2cc(-c3cc(C)cc(C)n3)ccc2C(=O)O)cc1. The molecular weight excluding hydrogens is 460 g/mol. The van der Waals surface area contributed by atoms with Crippen molar-refractivity contribution in [2.45, 2.75) is 47.6 Å². The summed E-state index contributed by atoms with van der Waals surface area (Å²) in [6.07, 6.45) is 0.814. The first-order valence-electron chi connectivity index (χ1n) is 12.5. The van der Waals surface area contributed by atoms with E-state index in [0.29, 0.717) is 12.1 Å². The average molecular weight is 491 g/mol. The predicted octanol–water partition coefficient (Wildman–Crippen LogP) is 6.70. The van der Waals surface area contributed by atoms with Gasteiger partial charge in [-0.1, -0.05) is 37.3 Å². The zero-order valence-electron chi connectivity index (χ0n) is 21.8. The molecule has 0 aliphatic rings. The maximum Gasteiger partial charge on any atom is 0.336 e. The lowest BCUT2D eigenvalue weighted by Crippen LogP contribution is -2.06. The Labute approximate surface area is 216 Å². The fourth-order valence-electron chi connectivity index (χ4n) is 4.97. The molecule has 3 aromatic heterocycles. The van der Waals surface area contributed by atoms with Crippen molar-refractivity contribution in [2.24, 2.45) is 0 Å². The lowest BCUT2D eigenvalue weighted by molar-refractivity contribution is 0.0697. The number of carbonyl (C=O) groups is 1. The van der Waals surface area contributed by atoms with Crippen molar-refractivity contribution < 1.29 is 9.90 Å². The largest absolute Gasteiger partial charge is 0.478 e. The fourth-order valence-corrected chi connectivity index (χ4v) is 4.97. The number of fused-ring (bicyclic) bond motifs is 1. The summed E-state index contributed by atoms with van der Waals surface area (Å²) in [6, 6.07) is 19.6. The van der Waals surface area contributed by atoms with Crippen LogP contribution < -0.4 is 0 Å². The molecule has 0 saturated carbocycles. The molecule has 1 N–H and O–H groups in total. The van der Waals surface area contributed by atoms with Crippen molar-refractivity contribution in [2.75, 3.05) is 0 Å². The second-order valence-electron chi connectivity index (χ2n) is 9.65. The number of rotatable bonds is 6. The summed E-state index contributed by atoms with van der Waals surface area (Å²) >= 11 is 0. The molecule has 0 radical (unpaired) electrons. The van der Waals surface area contributed by atoms with E-state index in [2.05, 4.69) is 41.6 Å². The third-order valence-corrected chi connectivity index (χ3v) is 6.67. The molecule has 6 nitrogen and oxygen atoms in total. The Kier molecular flexibility index (Phi) is 6.34. The minimum Gasteiger partial charge on any atom is -0.478 e. The molecule has 2 aromatic carbocycles. The van der Waals surface area contributed by atoms with E-state index in [1.54, 1.807) is 6.07 Å². The first kappa shape index (κ1) is 24.4. The van der Waals surface area contributed by atoms with Crippen LogP contribution in [-0.4, -0.2) is 30.6 Å². The maximum atomic E-state index is 12.0. The molecular formula is C31H30N4O2. The van der Waals surface area contributed by atoms with Crippen LogP contribution in [0.4, 0.5) is 0 Å². The first-order chi connectivity index (χ1) is 17.7. The number of pyridine rings is 2. The van der Waals surface area contributed by atoms with Crippen LogP contribution in [0.3, 0.4) is 0 Å². The summed E-state index contributed by atoms with van der Waals surface area (Å²) in [5.74, 6) is 0.0513. The Morgan fingerprint density at radius 3 is 2.22 bits per heavy atom. The van der Waals surface area contributed by atoms with Gasteiger partial charge in [0.15, 0.2) is 5.65 Å². The van der Waals surface area contributed by atoms with Crippen LogP contribution in [0.25, 0.3) is 33.5 Å². The van der Waals surface area contributed by atoms with Gasteiger partial charge in [0.2, 0.25) is 0 Å². The maximum absolute atomic E-state index is 12.0. The number of hydrogen-bond acceptors (Lipinski definition) is 4. The molecule has 0 atom stereocenters. The van der Waals surface area contributed by atoms with Crippen LogP contribution in [0.1, 0.15) is 51.2 Å². The zero-order chi connectivity index (χ0) is 26.3. The molecule has 3 heterocycles. The predicted molar refractivity (Wildman–Crippen MR) is 147 cm³/mol. The number of carboxylic acid groups (broad SMARTS) is 1. The van der Waals surface area contributed by atoms with Gasteiger partial charge in [-0.25, -0.2) is 14.8 Å². The van der Waals surface area contributed by atoms with Crippen molar-refractivity contribution in [3.8, 4) is 22.4 Å². The Bertz CT molecular complexity index is 1630. The van der Waals surface area contributed by atoms with Gasteiger partial charge >= 0.3 is 5.97 Å². The first-order valence-corrected chi connectivity index (χ1v) is 12.5. The topological polar surface area (TPSA) is 80.9 Å². The molecule has 0 aliphatic heterocycles. The highest BCUT2D eigenvalue weighted by Crippen LogP contribution is 2.30. The summed E-state index contributed by atoms with van der Waals surface area (Å²) in [4.78, 5) is 26.3. The Balaban J connectivity index is 1.53. The molecule has 0 bridgehead atoms. The minimum atomic E-state index is -0.951. The van der Waals surface area contributed by atoms with Gasteiger partial charge in [-0.05, 0) is 85.8 Å². The lowest BCUT2D eigenvalue weighted by Gasteiger charge is -2.12. The lowest BCUT2D eigenvalue weighted by atomic mass is 9.95. The molecule has 0 spiro atoms. The van der Waals surface area contributed by atoms with Crippen LogP contribution in [0.15, 0.2) is 60.7 Å². The van der Waals surface area contributed by atoms with E-state index in [0.717, 1.165) is 68.3 Å². The Morgan fingerprint density at radius 1 is 0.838 bits per heavy atom. The van der Waals surface area contributed by atoms with Crippen molar-refractivity contribution in [1.82, 2.24) is 19.5 Å². The van der Waals surface area contributed by atoms with E-state index < -0.39 is 5.97 Å². The van der Waals surface area contributed by atoms with Crippen LogP contribution in [0.5, 0.6) is 0 Å². The third kappa shape index (κ3) is 4.75. The molecule has 186 valence electrons. The van der Waals surface area contributed by atoms with Gasteiger partial charge in [-0.3, -0.25) is 4.98 Å². The summed E-state index contributed by atoms with van der Waals surface area (Å²) in [7, 11) is 0. The summed E-state index contributed by atoms with van der Waals surface area (Å²) in [6.45, 7) is 10.8. The number of carboxylic acids is 1. The zero-order valence-corrected chi connectivity index (χ0v) is 21.8. The molecule has 0 fully saturated rings. The molecule has 5 aromatic rings. The number of benzene rings is 2. The van der Waals surface area contributed by atoms with E-state index in [1.807, 2.05) is 57.2 Å². The van der Waals surface area contributed by atoms with Gasteiger partial charge < -0.3 is 9.67 Å². The van der Waals surface area contributed by atoms with Crippen molar-refractivity contribution in [3.05, 3.63) is 100 Å². The highest BCUT2D eigenvalue weighted by atomic mass is 16.4. The molecule has 0 aliphatic carbocycles. The van der Waals surface area contributed by atoms with E-state index in [4.69, 9.17) is 9.97 Å². The molecule has 6 heteroatoms. The van der Waals surface area contributed by atoms with Gasteiger partial charge in [-0.2, -0.15) is 0 Å². The second-order valence-corrected chi connectivity index (χ2v) is 9.65. The van der Waals surface area contributed by atoms with Crippen LogP contribution in [-0.2, 0) is 13.0 Å². The fraction of sp³-hybridized carbons (Fsp3) is 0.226. The second kappa shape index (κ2) is 9.62. The summed E-state index contributed by atoms with van der Waals surface area (Å²) in [5, 5.41) is 9.87. The number of aromatic nitrogens is 4. The van der Waals surface area contributed by atoms with Gasteiger partial charge in [0.25, 0.3) is 0 Å². The highest BCUT2D eigenvalue weighted by molar-refractivity contribution is 5.97. The highest BCUT2D eigenvalue weighted by Gasteiger charge is 2.16. The van der Waals surface area contributed by atoms with Gasteiger partial charge in [0.05, 0.1) is 17.8 Å².